The predicted octanol–water partition coefficient (Wildman–Crippen LogP) is 3.54. The van der Waals surface area contributed by atoms with Crippen LogP contribution in [0.5, 0.6) is 5.75 Å². The van der Waals surface area contributed by atoms with Gasteiger partial charge in [-0.05, 0) is 55.3 Å². The zero-order valence-corrected chi connectivity index (χ0v) is 15.2. The highest BCUT2D eigenvalue weighted by Crippen LogP contribution is 2.31. The topological polar surface area (TPSA) is 97.5 Å². The minimum Gasteiger partial charge on any atom is -0.508 e. The van der Waals surface area contributed by atoms with Crippen molar-refractivity contribution in [3.63, 3.8) is 0 Å². The number of anilines is 1. The third-order valence-electron chi connectivity index (χ3n) is 4.25. The van der Waals surface area contributed by atoms with Gasteiger partial charge in [-0.3, -0.25) is 4.98 Å². The van der Waals surface area contributed by atoms with Crippen LogP contribution in [0.1, 0.15) is 23.7 Å². The standard InChI is InChI=1S/C21H23N3O3/c1-2-27-21(26)18-13-24-19-9-6-15(14-4-7-16(25)8-5-14)12-17(19)20(18)23-11-3-10-22/h4-9,12-13,25H,2-3,10-11,22H2,1H3,(H,23,24). The quantitative estimate of drug-likeness (QED) is 0.438. The maximum atomic E-state index is 12.4. The van der Waals surface area contributed by atoms with Gasteiger partial charge >= 0.3 is 5.97 Å². The lowest BCUT2D eigenvalue weighted by Gasteiger charge is -2.15. The molecule has 140 valence electrons. The average molecular weight is 365 g/mol. The van der Waals surface area contributed by atoms with Crippen LogP contribution in [0.25, 0.3) is 22.0 Å². The number of rotatable bonds is 7. The van der Waals surface area contributed by atoms with Gasteiger partial charge in [-0.2, -0.15) is 0 Å². The molecule has 0 saturated heterocycles. The number of carbonyl (C=O) groups excluding carboxylic acids is 1. The lowest BCUT2D eigenvalue weighted by atomic mass is 10.0. The summed E-state index contributed by atoms with van der Waals surface area (Å²) in [7, 11) is 0. The van der Waals surface area contributed by atoms with E-state index < -0.39 is 5.97 Å². The molecule has 0 spiro atoms. The number of nitrogens with one attached hydrogen (secondary N) is 1. The summed E-state index contributed by atoms with van der Waals surface area (Å²) in [6.45, 7) is 3.28. The summed E-state index contributed by atoms with van der Waals surface area (Å²) < 4.78 is 5.18. The molecule has 0 amide bonds. The number of pyridine rings is 1. The van der Waals surface area contributed by atoms with Crippen molar-refractivity contribution < 1.29 is 14.6 Å². The van der Waals surface area contributed by atoms with E-state index in [4.69, 9.17) is 10.5 Å². The Labute approximate surface area is 158 Å². The fraction of sp³-hybridized carbons (Fsp3) is 0.238. The molecule has 27 heavy (non-hydrogen) atoms. The smallest absolute Gasteiger partial charge is 0.341 e. The molecule has 0 bridgehead atoms. The van der Waals surface area contributed by atoms with Crippen LogP contribution in [0.3, 0.4) is 0 Å². The number of esters is 1. The highest BCUT2D eigenvalue weighted by atomic mass is 16.5. The second-order valence-corrected chi connectivity index (χ2v) is 6.12. The second kappa shape index (κ2) is 8.51. The van der Waals surface area contributed by atoms with Crippen LogP contribution < -0.4 is 11.1 Å². The summed E-state index contributed by atoms with van der Waals surface area (Å²) >= 11 is 0. The molecule has 1 aromatic heterocycles. The fourth-order valence-corrected chi connectivity index (χ4v) is 2.90. The molecule has 3 rings (SSSR count). The maximum absolute atomic E-state index is 12.4. The molecule has 0 radical (unpaired) electrons. The Kier molecular flexibility index (Phi) is 5.88. The number of phenols is 1. The van der Waals surface area contributed by atoms with E-state index in [0.29, 0.717) is 30.9 Å². The van der Waals surface area contributed by atoms with Gasteiger partial charge in [0.1, 0.15) is 11.3 Å². The first kappa shape index (κ1) is 18.7. The van der Waals surface area contributed by atoms with Crippen LogP contribution in [-0.2, 0) is 4.74 Å². The largest absolute Gasteiger partial charge is 0.508 e. The molecule has 4 N–H and O–H groups in total. The highest BCUT2D eigenvalue weighted by Gasteiger charge is 2.17. The summed E-state index contributed by atoms with van der Waals surface area (Å²) in [4.78, 5) is 16.8. The first-order chi connectivity index (χ1) is 13.1. The number of fused-ring (bicyclic) bond motifs is 1. The second-order valence-electron chi connectivity index (χ2n) is 6.12. The molecular weight excluding hydrogens is 342 g/mol. The summed E-state index contributed by atoms with van der Waals surface area (Å²) in [5.74, 6) is -0.188. The Hall–Kier alpha value is -3.12. The number of hydrogen-bond acceptors (Lipinski definition) is 6. The van der Waals surface area contributed by atoms with Gasteiger partial charge in [-0.1, -0.05) is 18.2 Å². The van der Waals surface area contributed by atoms with Crippen molar-refractivity contribution in [1.82, 2.24) is 4.98 Å². The number of carbonyl (C=O) groups is 1. The SMILES string of the molecule is CCOC(=O)c1cnc2ccc(-c3ccc(O)cc3)cc2c1NCCCN. The molecule has 0 unspecified atom stereocenters. The van der Waals surface area contributed by atoms with Gasteiger partial charge in [0, 0.05) is 18.1 Å². The van der Waals surface area contributed by atoms with Crippen LogP contribution in [0, 0.1) is 0 Å². The van der Waals surface area contributed by atoms with E-state index in [0.717, 1.165) is 28.5 Å². The Morgan fingerprint density at radius 1 is 1.19 bits per heavy atom. The summed E-state index contributed by atoms with van der Waals surface area (Å²) in [5, 5.41) is 13.7. The van der Waals surface area contributed by atoms with Crippen molar-refractivity contribution in [3.8, 4) is 16.9 Å². The fourth-order valence-electron chi connectivity index (χ4n) is 2.90. The number of hydrogen-bond donors (Lipinski definition) is 3. The lowest BCUT2D eigenvalue weighted by molar-refractivity contribution is 0.0527. The zero-order chi connectivity index (χ0) is 19.2. The molecule has 0 fully saturated rings. The number of nitrogens with zero attached hydrogens (tertiary/aromatic N) is 1. The summed E-state index contributed by atoms with van der Waals surface area (Å²) in [6.07, 6.45) is 2.33. The molecule has 6 nitrogen and oxygen atoms in total. The van der Waals surface area contributed by atoms with Crippen LogP contribution in [-0.4, -0.2) is 35.8 Å². The van der Waals surface area contributed by atoms with Crippen LogP contribution >= 0.6 is 0 Å². The highest BCUT2D eigenvalue weighted by molar-refractivity contribution is 6.05. The van der Waals surface area contributed by atoms with Crippen molar-refractivity contribution in [2.75, 3.05) is 25.0 Å². The Morgan fingerprint density at radius 3 is 2.63 bits per heavy atom. The number of ether oxygens (including phenoxy) is 1. The summed E-state index contributed by atoms with van der Waals surface area (Å²) in [5.41, 5.74) is 9.41. The van der Waals surface area contributed by atoms with Gasteiger partial charge < -0.3 is 20.9 Å². The molecule has 2 aromatic carbocycles. The Balaban J connectivity index is 2.11. The van der Waals surface area contributed by atoms with E-state index >= 15 is 0 Å². The number of benzene rings is 2. The van der Waals surface area contributed by atoms with E-state index in [1.54, 1.807) is 25.3 Å². The average Bonchev–Trinajstić information content (AvgIpc) is 2.68. The molecular formula is C21H23N3O3. The van der Waals surface area contributed by atoms with Crippen LogP contribution in [0.2, 0.25) is 0 Å². The minimum absolute atomic E-state index is 0.218. The molecule has 0 aliphatic rings. The molecule has 0 atom stereocenters. The van der Waals surface area contributed by atoms with E-state index in [1.165, 1.54) is 0 Å². The van der Waals surface area contributed by atoms with E-state index in [-0.39, 0.29) is 5.75 Å². The van der Waals surface area contributed by atoms with Crippen molar-refractivity contribution in [1.29, 1.82) is 0 Å². The lowest BCUT2D eigenvalue weighted by Crippen LogP contribution is -2.14. The molecule has 3 aromatic rings. The van der Waals surface area contributed by atoms with Gasteiger partial charge in [0.2, 0.25) is 0 Å². The zero-order valence-electron chi connectivity index (χ0n) is 15.2. The van der Waals surface area contributed by atoms with Gasteiger partial charge in [0.15, 0.2) is 0 Å². The normalized spacial score (nSPS) is 10.7. The van der Waals surface area contributed by atoms with E-state index in [1.807, 2.05) is 30.3 Å². The number of nitrogens with two attached hydrogens (primary N) is 1. The number of aromatic hydroxyl groups is 1. The summed E-state index contributed by atoms with van der Waals surface area (Å²) in [6, 6.07) is 12.9. The number of phenolic OH excluding ortho intramolecular Hbond substituents is 1. The maximum Gasteiger partial charge on any atom is 0.341 e. The van der Waals surface area contributed by atoms with Crippen LogP contribution in [0.15, 0.2) is 48.7 Å². The first-order valence-corrected chi connectivity index (χ1v) is 8.97. The van der Waals surface area contributed by atoms with E-state index in [2.05, 4.69) is 10.3 Å². The Morgan fingerprint density at radius 2 is 1.93 bits per heavy atom. The molecule has 0 aliphatic carbocycles. The molecule has 1 heterocycles. The van der Waals surface area contributed by atoms with Crippen molar-refractivity contribution in [2.45, 2.75) is 13.3 Å². The molecule has 6 heteroatoms. The van der Waals surface area contributed by atoms with Crippen molar-refractivity contribution in [3.05, 3.63) is 54.2 Å². The minimum atomic E-state index is -0.405. The van der Waals surface area contributed by atoms with Gasteiger partial charge in [-0.25, -0.2) is 4.79 Å². The predicted molar refractivity (Wildman–Crippen MR) is 107 cm³/mol. The van der Waals surface area contributed by atoms with Gasteiger partial charge in [0.05, 0.1) is 17.8 Å². The third kappa shape index (κ3) is 4.17. The van der Waals surface area contributed by atoms with E-state index in [9.17, 15) is 9.90 Å². The van der Waals surface area contributed by atoms with Crippen LogP contribution in [0.4, 0.5) is 5.69 Å². The van der Waals surface area contributed by atoms with Crippen molar-refractivity contribution >= 4 is 22.6 Å². The third-order valence-corrected chi connectivity index (χ3v) is 4.25. The van der Waals surface area contributed by atoms with Gasteiger partial charge in [0.25, 0.3) is 0 Å². The van der Waals surface area contributed by atoms with Crippen molar-refractivity contribution in [2.24, 2.45) is 5.73 Å². The Bertz CT molecular complexity index is 939. The number of aromatic nitrogens is 1. The van der Waals surface area contributed by atoms with Gasteiger partial charge in [-0.15, -0.1) is 0 Å². The monoisotopic (exact) mass is 365 g/mol. The molecule has 0 saturated carbocycles. The molecule has 0 aliphatic heterocycles. The first-order valence-electron chi connectivity index (χ1n) is 8.97.